The fourth-order valence-corrected chi connectivity index (χ4v) is 3.10. The maximum absolute atomic E-state index is 11.7. The molecule has 0 aliphatic carbocycles. The molecule has 2 aromatic rings. The summed E-state index contributed by atoms with van der Waals surface area (Å²) in [5.74, 6) is 2.18. The van der Waals surface area contributed by atoms with Crippen LogP contribution >= 0.6 is 12.4 Å². The fraction of sp³-hybridized carbons (Fsp3) is 0.409. The minimum Gasteiger partial charge on any atom is -0.491 e. The van der Waals surface area contributed by atoms with E-state index in [0.29, 0.717) is 45.1 Å². The van der Waals surface area contributed by atoms with E-state index in [4.69, 9.17) is 14.2 Å². The Kier molecular flexibility index (Phi) is 9.73. The van der Waals surface area contributed by atoms with Crippen molar-refractivity contribution in [3.05, 3.63) is 54.6 Å². The molecule has 7 nitrogen and oxygen atoms in total. The van der Waals surface area contributed by atoms with Crippen molar-refractivity contribution in [3.63, 3.8) is 0 Å². The van der Waals surface area contributed by atoms with Gasteiger partial charge in [-0.3, -0.25) is 4.90 Å². The highest BCUT2D eigenvalue weighted by molar-refractivity contribution is 5.85. The highest BCUT2D eigenvalue weighted by atomic mass is 35.5. The summed E-state index contributed by atoms with van der Waals surface area (Å²) in [6.45, 7) is 5.53. The predicted octanol–water partition coefficient (Wildman–Crippen LogP) is 3.41. The number of nitrogens with zero attached hydrogens (tertiary/aromatic N) is 2. The molecule has 0 bridgehead atoms. The summed E-state index contributed by atoms with van der Waals surface area (Å²) in [4.78, 5) is 15.5. The summed E-state index contributed by atoms with van der Waals surface area (Å²) in [5.41, 5.74) is 0. The molecule has 0 saturated carbocycles. The molecule has 3 rings (SSSR count). The second-order valence-corrected chi connectivity index (χ2v) is 6.84. The smallest absolute Gasteiger partial charge is 0.409 e. The summed E-state index contributed by atoms with van der Waals surface area (Å²) in [6.07, 6.45) is -0.875. The van der Waals surface area contributed by atoms with Crippen molar-refractivity contribution in [1.29, 1.82) is 0 Å². The van der Waals surface area contributed by atoms with E-state index in [1.54, 1.807) is 11.8 Å². The Morgan fingerprint density at radius 3 is 2.20 bits per heavy atom. The van der Waals surface area contributed by atoms with Crippen LogP contribution in [-0.2, 0) is 4.74 Å². The molecular formula is C22H29ClN2O5. The number of aliphatic hydroxyl groups excluding tert-OH is 1. The Hall–Kier alpha value is -2.48. The lowest BCUT2D eigenvalue weighted by Gasteiger charge is -2.34. The molecule has 1 saturated heterocycles. The van der Waals surface area contributed by atoms with Crippen molar-refractivity contribution < 1.29 is 24.1 Å². The van der Waals surface area contributed by atoms with Crippen LogP contribution < -0.4 is 9.47 Å². The SMILES string of the molecule is CCOC(=O)N1CCN(CC(O)COc2ccc(Oc3ccccc3)cc2)CC1.Cl. The molecule has 0 spiro atoms. The first-order valence-electron chi connectivity index (χ1n) is 9.92. The molecule has 1 heterocycles. The summed E-state index contributed by atoms with van der Waals surface area (Å²) in [5, 5.41) is 10.3. The number of carbonyl (C=O) groups is 1. The largest absolute Gasteiger partial charge is 0.491 e. The third-order valence-electron chi connectivity index (χ3n) is 4.61. The zero-order chi connectivity index (χ0) is 20.5. The molecule has 2 aromatic carbocycles. The van der Waals surface area contributed by atoms with Crippen LogP contribution in [0.1, 0.15) is 6.92 Å². The number of para-hydroxylation sites is 1. The lowest BCUT2D eigenvalue weighted by atomic mass is 10.2. The van der Waals surface area contributed by atoms with E-state index in [2.05, 4.69) is 4.90 Å². The Morgan fingerprint density at radius 1 is 0.967 bits per heavy atom. The van der Waals surface area contributed by atoms with Crippen LogP contribution in [0, 0.1) is 0 Å². The van der Waals surface area contributed by atoms with Gasteiger partial charge >= 0.3 is 6.09 Å². The number of hydrogen-bond donors (Lipinski definition) is 1. The van der Waals surface area contributed by atoms with E-state index in [9.17, 15) is 9.90 Å². The highest BCUT2D eigenvalue weighted by Crippen LogP contribution is 2.23. The van der Waals surface area contributed by atoms with Crippen molar-refractivity contribution in [1.82, 2.24) is 9.80 Å². The van der Waals surface area contributed by atoms with Gasteiger partial charge in [0, 0.05) is 32.7 Å². The molecule has 1 fully saturated rings. The van der Waals surface area contributed by atoms with Crippen molar-refractivity contribution in [2.24, 2.45) is 0 Å². The van der Waals surface area contributed by atoms with E-state index in [0.717, 1.165) is 11.5 Å². The number of halogens is 1. The van der Waals surface area contributed by atoms with Crippen molar-refractivity contribution >= 4 is 18.5 Å². The van der Waals surface area contributed by atoms with Crippen LogP contribution in [-0.4, -0.2) is 73.0 Å². The van der Waals surface area contributed by atoms with Gasteiger partial charge in [0.05, 0.1) is 6.61 Å². The zero-order valence-corrected chi connectivity index (χ0v) is 17.9. The van der Waals surface area contributed by atoms with Gasteiger partial charge in [-0.2, -0.15) is 0 Å². The molecule has 30 heavy (non-hydrogen) atoms. The normalized spacial score (nSPS) is 15.1. The van der Waals surface area contributed by atoms with Crippen molar-refractivity contribution in [3.8, 4) is 17.2 Å². The van der Waals surface area contributed by atoms with Gasteiger partial charge in [0.1, 0.15) is 30.0 Å². The zero-order valence-electron chi connectivity index (χ0n) is 17.1. The summed E-state index contributed by atoms with van der Waals surface area (Å²) in [6, 6.07) is 16.9. The molecule has 164 valence electrons. The molecule has 0 aromatic heterocycles. The third-order valence-corrected chi connectivity index (χ3v) is 4.61. The van der Waals surface area contributed by atoms with Gasteiger partial charge in [0.15, 0.2) is 0 Å². The molecule has 1 aliphatic heterocycles. The molecule has 1 N–H and O–H groups in total. The average molecular weight is 437 g/mol. The first-order chi connectivity index (χ1) is 14.1. The van der Waals surface area contributed by atoms with E-state index < -0.39 is 6.10 Å². The standard InChI is InChI=1S/C22H28N2O5.ClH/c1-2-27-22(26)24-14-12-23(13-15-24)16-18(25)17-28-19-8-10-21(11-9-19)29-20-6-4-3-5-7-20;/h3-11,18,25H,2,12-17H2,1H3;1H. The van der Waals surface area contributed by atoms with Crippen LogP contribution in [0.25, 0.3) is 0 Å². The molecule has 1 atom stereocenters. The molecule has 1 aliphatic rings. The van der Waals surface area contributed by atoms with E-state index in [1.165, 1.54) is 0 Å². The Bertz CT molecular complexity index is 752. The van der Waals surface area contributed by atoms with Gasteiger partial charge in [-0.15, -0.1) is 12.4 Å². The average Bonchev–Trinajstić information content (AvgIpc) is 2.75. The Balaban J connectivity index is 0.00000320. The number of amides is 1. The van der Waals surface area contributed by atoms with Gasteiger partial charge in [-0.05, 0) is 43.3 Å². The quantitative estimate of drug-likeness (QED) is 0.683. The van der Waals surface area contributed by atoms with Gasteiger partial charge < -0.3 is 24.2 Å². The van der Waals surface area contributed by atoms with E-state index >= 15 is 0 Å². The van der Waals surface area contributed by atoms with E-state index in [1.807, 2.05) is 54.6 Å². The molecule has 8 heteroatoms. The number of rotatable bonds is 8. The summed E-state index contributed by atoms with van der Waals surface area (Å²) < 4.78 is 16.5. The third kappa shape index (κ3) is 7.40. The second kappa shape index (κ2) is 12.3. The lowest BCUT2D eigenvalue weighted by Crippen LogP contribution is -2.51. The minimum atomic E-state index is -0.607. The number of piperazine rings is 1. The van der Waals surface area contributed by atoms with Gasteiger partial charge in [-0.1, -0.05) is 18.2 Å². The predicted molar refractivity (Wildman–Crippen MR) is 117 cm³/mol. The highest BCUT2D eigenvalue weighted by Gasteiger charge is 2.23. The van der Waals surface area contributed by atoms with E-state index in [-0.39, 0.29) is 25.1 Å². The number of β-amino-alcohol motifs (C(OH)–C–C–N with tert-alkyl or cyclic N) is 1. The van der Waals surface area contributed by atoms with Crippen LogP contribution in [0.4, 0.5) is 4.79 Å². The first-order valence-corrected chi connectivity index (χ1v) is 9.92. The molecule has 1 amide bonds. The van der Waals surface area contributed by atoms with Crippen molar-refractivity contribution in [2.45, 2.75) is 13.0 Å². The summed E-state index contributed by atoms with van der Waals surface area (Å²) >= 11 is 0. The Labute approximate surface area is 183 Å². The number of hydrogen-bond acceptors (Lipinski definition) is 6. The second-order valence-electron chi connectivity index (χ2n) is 6.84. The van der Waals surface area contributed by atoms with Crippen LogP contribution in [0.3, 0.4) is 0 Å². The summed E-state index contributed by atoms with van der Waals surface area (Å²) in [7, 11) is 0. The van der Waals surface area contributed by atoms with Crippen LogP contribution in [0.5, 0.6) is 17.2 Å². The maximum atomic E-state index is 11.7. The number of ether oxygens (including phenoxy) is 3. The first kappa shape index (κ1) is 23.8. The fourth-order valence-electron chi connectivity index (χ4n) is 3.10. The number of benzene rings is 2. The topological polar surface area (TPSA) is 71.5 Å². The van der Waals surface area contributed by atoms with Gasteiger partial charge in [0.25, 0.3) is 0 Å². The van der Waals surface area contributed by atoms with Crippen LogP contribution in [0.15, 0.2) is 54.6 Å². The maximum Gasteiger partial charge on any atom is 0.409 e. The number of aliphatic hydroxyl groups is 1. The molecular weight excluding hydrogens is 408 g/mol. The Morgan fingerprint density at radius 2 is 1.57 bits per heavy atom. The number of carbonyl (C=O) groups excluding carboxylic acids is 1. The van der Waals surface area contributed by atoms with Gasteiger partial charge in [-0.25, -0.2) is 4.79 Å². The minimum absolute atomic E-state index is 0. The van der Waals surface area contributed by atoms with Gasteiger partial charge in [0.2, 0.25) is 0 Å². The molecule has 0 radical (unpaired) electrons. The molecule has 1 unspecified atom stereocenters. The van der Waals surface area contributed by atoms with Crippen molar-refractivity contribution in [2.75, 3.05) is 45.9 Å². The lowest BCUT2D eigenvalue weighted by molar-refractivity contribution is 0.0408. The van der Waals surface area contributed by atoms with Crippen LogP contribution in [0.2, 0.25) is 0 Å². The monoisotopic (exact) mass is 436 g/mol.